The fourth-order valence-corrected chi connectivity index (χ4v) is 2.40. The van der Waals surface area contributed by atoms with Gasteiger partial charge in [-0.15, -0.1) is 0 Å². The molecule has 1 amide bonds. The maximum Gasteiger partial charge on any atom is 0.228 e. The van der Waals surface area contributed by atoms with Gasteiger partial charge in [-0.2, -0.15) is 5.10 Å². The fraction of sp³-hybridized carbons (Fsp3) is 0.375. The second kappa shape index (κ2) is 5.99. The first-order valence-electron chi connectivity index (χ1n) is 7.09. The highest BCUT2D eigenvalue weighted by atomic mass is 16.1. The standard InChI is InChI=1S/C16H22N4O/c1-10(2)20-12(4)16(11(3)19-20)18-15(21)9-13-7-5-6-8-14(13)17/h5-8,10H,9,17H2,1-4H3,(H,18,21). The van der Waals surface area contributed by atoms with Crippen LogP contribution in [-0.4, -0.2) is 15.7 Å². The number of nitrogens with one attached hydrogen (secondary N) is 1. The largest absolute Gasteiger partial charge is 0.398 e. The maximum absolute atomic E-state index is 12.2. The molecule has 0 saturated carbocycles. The maximum atomic E-state index is 12.2. The van der Waals surface area contributed by atoms with Gasteiger partial charge >= 0.3 is 0 Å². The molecule has 0 unspecified atom stereocenters. The number of nitrogens with two attached hydrogens (primary N) is 1. The van der Waals surface area contributed by atoms with E-state index in [0.29, 0.717) is 5.69 Å². The molecule has 0 aliphatic carbocycles. The van der Waals surface area contributed by atoms with Crippen molar-refractivity contribution in [2.24, 2.45) is 0 Å². The predicted molar refractivity (Wildman–Crippen MR) is 85.3 cm³/mol. The molecule has 2 rings (SSSR count). The normalized spacial score (nSPS) is 10.9. The summed E-state index contributed by atoms with van der Waals surface area (Å²) in [4.78, 5) is 12.2. The van der Waals surface area contributed by atoms with Gasteiger partial charge in [-0.3, -0.25) is 9.48 Å². The minimum Gasteiger partial charge on any atom is -0.398 e. The molecule has 0 fully saturated rings. The first-order valence-corrected chi connectivity index (χ1v) is 7.09. The van der Waals surface area contributed by atoms with Gasteiger partial charge in [0.1, 0.15) is 0 Å². The summed E-state index contributed by atoms with van der Waals surface area (Å²) in [7, 11) is 0. The Balaban J connectivity index is 2.15. The van der Waals surface area contributed by atoms with E-state index in [4.69, 9.17) is 5.73 Å². The summed E-state index contributed by atoms with van der Waals surface area (Å²) in [6, 6.07) is 7.67. The molecule has 0 saturated heterocycles. The van der Waals surface area contributed by atoms with Gasteiger partial charge in [0.05, 0.1) is 23.5 Å². The molecule has 112 valence electrons. The monoisotopic (exact) mass is 286 g/mol. The van der Waals surface area contributed by atoms with Gasteiger partial charge in [-0.05, 0) is 39.3 Å². The molecule has 1 aromatic heterocycles. The summed E-state index contributed by atoms with van der Waals surface area (Å²) in [6.07, 6.45) is 0.262. The van der Waals surface area contributed by atoms with Crippen molar-refractivity contribution < 1.29 is 4.79 Å². The van der Waals surface area contributed by atoms with Crippen LogP contribution in [0.1, 0.15) is 36.8 Å². The number of rotatable bonds is 4. The van der Waals surface area contributed by atoms with Crippen LogP contribution in [0.25, 0.3) is 0 Å². The quantitative estimate of drug-likeness (QED) is 0.849. The zero-order valence-electron chi connectivity index (χ0n) is 13.0. The summed E-state index contributed by atoms with van der Waals surface area (Å²) in [5, 5.41) is 7.42. The molecule has 0 aliphatic heterocycles. The highest BCUT2D eigenvalue weighted by molar-refractivity contribution is 5.94. The molecule has 0 spiro atoms. The second-order valence-corrected chi connectivity index (χ2v) is 5.51. The molecule has 0 aliphatic rings. The van der Waals surface area contributed by atoms with Crippen molar-refractivity contribution >= 4 is 17.3 Å². The van der Waals surface area contributed by atoms with Crippen molar-refractivity contribution in [3.8, 4) is 0 Å². The number of aryl methyl sites for hydroxylation is 1. The van der Waals surface area contributed by atoms with Crippen LogP contribution >= 0.6 is 0 Å². The van der Waals surface area contributed by atoms with Gasteiger partial charge in [0.25, 0.3) is 0 Å². The Bertz CT molecular complexity index is 658. The van der Waals surface area contributed by atoms with E-state index in [0.717, 1.165) is 22.6 Å². The van der Waals surface area contributed by atoms with Crippen LogP contribution in [-0.2, 0) is 11.2 Å². The molecule has 5 heteroatoms. The van der Waals surface area contributed by atoms with Crippen molar-refractivity contribution in [1.29, 1.82) is 0 Å². The van der Waals surface area contributed by atoms with Gasteiger partial charge in [-0.1, -0.05) is 18.2 Å². The minimum absolute atomic E-state index is 0.0811. The molecule has 2 aromatic rings. The number of hydrogen-bond donors (Lipinski definition) is 2. The number of aromatic nitrogens is 2. The summed E-state index contributed by atoms with van der Waals surface area (Å²) in [6.45, 7) is 8.00. The Hall–Kier alpha value is -2.30. The van der Waals surface area contributed by atoms with Gasteiger partial charge in [0, 0.05) is 11.7 Å². The summed E-state index contributed by atoms with van der Waals surface area (Å²) in [5.74, 6) is -0.0811. The molecule has 1 aromatic carbocycles. The third kappa shape index (κ3) is 3.24. The van der Waals surface area contributed by atoms with E-state index in [2.05, 4.69) is 24.3 Å². The van der Waals surface area contributed by atoms with E-state index in [1.807, 2.05) is 36.7 Å². The number of amides is 1. The lowest BCUT2D eigenvalue weighted by molar-refractivity contribution is -0.115. The highest BCUT2D eigenvalue weighted by Crippen LogP contribution is 2.23. The minimum atomic E-state index is -0.0811. The van der Waals surface area contributed by atoms with Crippen molar-refractivity contribution in [2.45, 2.75) is 40.2 Å². The third-order valence-electron chi connectivity index (χ3n) is 3.48. The lowest BCUT2D eigenvalue weighted by Crippen LogP contribution is -2.16. The summed E-state index contributed by atoms with van der Waals surface area (Å²) in [5.41, 5.74) is 9.94. The SMILES string of the molecule is Cc1nn(C(C)C)c(C)c1NC(=O)Cc1ccccc1N. The van der Waals surface area contributed by atoms with Crippen LogP contribution in [0.3, 0.4) is 0 Å². The zero-order chi connectivity index (χ0) is 15.6. The van der Waals surface area contributed by atoms with Crippen LogP contribution in [0.2, 0.25) is 0 Å². The van der Waals surface area contributed by atoms with Crippen molar-refractivity contribution in [3.05, 3.63) is 41.2 Å². The van der Waals surface area contributed by atoms with Gasteiger partial charge < -0.3 is 11.1 Å². The van der Waals surface area contributed by atoms with Crippen LogP contribution in [0.15, 0.2) is 24.3 Å². The smallest absolute Gasteiger partial charge is 0.228 e. The molecule has 0 atom stereocenters. The number of anilines is 2. The van der Waals surface area contributed by atoms with E-state index in [9.17, 15) is 4.79 Å². The lowest BCUT2D eigenvalue weighted by atomic mass is 10.1. The predicted octanol–water partition coefficient (Wildman–Crippen LogP) is 2.84. The first-order chi connectivity index (χ1) is 9.90. The molecule has 0 bridgehead atoms. The van der Waals surface area contributed by atoms with Crippen LogP contribution in [0.4, 0.5) is 11.4 Å². The summed E-state index contributed by atoms with van der Waals surface area (Å²) >= 11 is 0. The van der Waals surface area contributed by atoms with Crippen LogP contribution in [0.5, 0.6) is 0 Å². The Morgan fingerprint density at radius 2 is 2.00 bits per heavy atom. The van der Waals surface area contributed by atoms with E-state index in [1.54, 1.807) is 6.07 Å². The van der Waals surface area contributed by atoms with Crippen LogP contribution in [0, 0.1) is 13.8 Å². The van der Waals surface area contributed by atoms with E-state index < -0.39 is 0 Å². The Labute approximate surface area is 125 Å². The van der Waals surface area contributed by atoms with Crippen molar-refractivity contribution in [2.75, 3.05) is 11.1 Å². The molecular weight excluding hydrogens is 264 g/mol. The number of nitrogen functional groups attached to an aromatic ring is 1. The molecule has 1 heterocycles. The lowest BCUT2D eigenvalue weighted by Gasteiger charge is -2.10. The Morgan fingerprint density at radius 3 is 2.57 bits per heavy atom. The van der Waals surface area contributed by atoms with Gasteiger partial charge in [0.2, 0.25) is 5.91 Å². The average Bonchev–Trinajstić information content (AvgIpc) is 2.69. The number of carbonyl (C=O) groups is 1. The van der Waals surface area contributed by atoms with Crippen molar-refractivity contribution in [1.82, 2.24) is 9.78 Å². The van der Waals surface area contributed by atoms with Crippen molar-refractivity contribution in [3.63, 3.8) is 0 Å². The van der Waals surface area contributed by atoms with E-state index in [-0.39, 0.29) is 18.4 Å². The first kappa shape index (κ1) is 15.1. The zero-order valence-corrected chi connectivity index (χ0v) is 13.0. The van der Waals surface area contributed by atoms with E-state index >= 15 is 0 Å². The topological polar surface area (TPSA) is 72.9 Å². The average molecular weight is 286 g/mol. The molecule has 0 radical (unpaired) electrons. The second-order valence-electron chi connectivity index (χ2n) is 5.51. The third-order valence-corrected chi connectivity index (χ3v) is 3.48. The summed E-state index contributed by atoms with van der Waals surface area (Å²) < 4.78 is 1.92. The molecular formula is C16H22N4O. The number of para-hydroxylation sites is 1. The number of carbonyl (C=O) groups excluding carboxylic acids is 1. The van der Waals surface area contributed by atoms with Gasteiger partial charge in [0.15, 0.2) is 0 Å². The number of benzene rings is 1. The van der Waals surface area contributed by atoms with Gasteiger partial charge in [-0.25, -0.2) is 0 Å². The molecule has 3 N–H and O–H groups in total. The number of nitrogens with zero attached hydrogens (tertiary/aromatic N) is 2. The fourth-order valence-electron chi connectivity index (χ4n) is 2.40. The Kier molecular flexibility index (Phi) is 4.31. The molecule has 21 heavy (non-hydrogen) atoms. The highest BCUT2D eigenvalue weighted by Gasteiger charge is 2.16. The van der Waals surface area contributed by atoms with Crippen LogP contribution < -0.4 is 11.1 Å². The Morgan fingerprint density at radius 1 is 1.33 bits per heavy atom. The molecule has 5 nitrogen and oxygen atoms in total. The van der Waals surface area contributed by atoms with E-state index in [1.165, 1.54) is 0 Å². The number of hydrogen-bond acceptors (Lipinski definition) is 3.